The summed E-state index contributed by atoms with van der Waals surface area (Å²) in [4.78, 5) is 24.0. The molecule has 0 fully saturated rings. The number of imide groups is 1. The van der Waals surface area contributed by atoms with Gasteiger partial charge in [-0.2, -0.15) is 0 Å². The Morgan fingerprint density at radius 1 is 1.00 bits per heavy atom. The highest BCUT2D eigenvalue weighted by molar-refractivity contribution is 5.93. The highest BCUT2D eigenvalue weighted by atomic mass is 16.2. The van der Waals surface area contributed by atoms with Gasteiger partial charge in [-0.1, -0.05) is 46.8 Å². The van der Waals surface area contributed by atoms with Crippen LogP contribution in [0.4, 0.5) is 0 Å². The van der Waals surface area contributed by atoms with Gasteiger partial charge in [0.1, 0.15) is 0 Å². The summed E-state index contributed by atoms with van der Waals surface area (Å²) in [6.07, 6.45) is 1.89. The van der Waals surface area contributed by atoms with Crippen LogP contribution in [0.3, 0.4) is 0 Å². The molecule has 0 aliphatic carbocycles. The normalized spacial score (nSPS) is 12.2. The van der Waals surface area contributed by atoms with Crippen LogP contribution in [0.2, 0.25) is 0 Å². The van der Waals surface area contributed by atoms with Crippen molar-refractivity contribution in [2.24, 2.45) is 10.8 Å². The van der Waals surface area contributed by atoms with E-state index in [9.17, 15) is 9.59 Å². The largest absolute Gasteiger partial charge is 0.279 e. The van der Waals surface area contributed by atoms with Crippen LogP contribution in [0, 0.1) is 10.8 Å². The van der Waals surface area contributed by atoms with Crippen molar-refractivity contribution in [3.63, 3.8) is 0 Å². The summed E-state index contributed by atoms with van der Waals surface area (Å²) in [7, 11) is 0. The van der Waals surface area contributed by atoms with E-state index in [1.54, 1.807) is 0 Å². The van der Waals surface area contributed by atoms with Crippen LogP contribution >= 0.6 is 0 Å². The van der Waals surface area contributed by atoms with Crippen molar-refractivity contribution in [1.29, 1.82) is 0 Å². The fraction of sp³-hybridized carbons (Fsp3) is 0.750. The van der Waals surface area contributed by atoms with Crippen molar-refractivity contribution in [1.82, 2.24) is 4.90 Å². The molecule has 0 N–H and O–H groups in total. The summed E-state index contributed by atoms with van der Waals surface area (Å²) in [5.74, 6) is -0.440. The number of rotatable bonds is 5. The number of amides is 2. The van der Waals surface area contributed by atoms with Crippen LogP contribution in [-0.4, -0.2) is 23.3 Å². The fourth-order valence-electron chi connectivity index (χ4n) is 2.90. The van der Waals surface area contributed by atoms with E-state index in [4.69, 9.17) is 0 Å². The van der Waals surface area contributed by atoms with Gasteiger partial charge in [0.2, 0.25) is 11.8 Å². The zero-order chi connectivity index (χ0) is 15.4. The van der Waals surface area contributed by atoms with E-state index in [0.717, 1.165) is 18.4 Å². The topological polar surface area (TPSA) is 37.4 Å². The molecule has 0 radical (unpaired) electrons. The molecule has 0 bridgehead atoms. The van der Waals surface area contributed by atoms with E-state index in [1.807, 2.05) is 0 Å². The quantitative estimate of drug-likeness (QED) is 0.711. The van der Waals surface area contributed by atoms with Gasteiger partial charge in [0.25, 0.3) is 0 Å². The summed E-state index contributed by atoms with van der Waals surface area (Å²) in [5.41, 5.74) is 1.30. The third-order valence-electron chi connectivity index (χ3n) is 2.88. The molecule has 0 aromatic heterocycles. The van der Waals surface area contributed by atoms with Gasteiger partial charge in [0, 0.05) is 20.4 Å². The molecular formula is C16H29NO2. The smallest absolute Gasteiger partial charge is 0.226 e. The summed E-state index contributed by atoms with van der Waals surface area (Å²) in [6.45, 7) is 18.2. The standard InChI is InChI=1S/C16H29NO2/c1-12(10-17(13(2)18)14(3)19)9-16(7,8)11-15(4,5)6/h1,9-11H2,2-8H3. The Morgan fingerprint density at radius 3 is 1.74 bits per heavy atom. The Morgan fingerprint density at radius 2 is 1.42 bits per heavy atom. The van der Waals surface area contributed by atoms with Crippen LogP contribution in [0.1, 0.15) is 61.3 Å². The molecule has 3 nitrogen and oxygen atoms in total. The van der Waals surface area contributed by atoms with Crippen molar-refractivity contribution in [3.8, 4) is 0 Å². The van der Waals surface area contributed by atoms with Crippen molar-refractivity contribution in [2.45, 2.75) is 61.3 Å². The second kappa shape index (κ2) is 6.36. The minimum absolute atomic E-state index is 0.120. The molecular weight excluding hydrogens is 238 g/mol. The van der Waals surface area contributed by atoms with E-state index in [0.29, 0.717) is 6.54 Å². The van der Waals surface area contributed by atoms with Crippen LogP contribution in [0.15, 0.2) is 12.2 Å². The van der Waals surface area contributed by atoms with E-state index < -0.39 is 0 Å². The fourth-order valence-corrected chi connectivity index (χ4v) is 2.90. The summed E-state index contributed by atoms with van der Waals surface area (Å²) < 4.78 is 0. The maximum absolute atomic E-state index is 11.4. The Bertz CT molecular complexity index is 347. The first-order valence-electron chi connectivity index (χ1n) is 6.79. The number of nitrogens with zero attached hydrogens (tertiary/aromatic N) is 1. The lowest BCUT2D eigenvalue weighted by molar-refractivity contribution is -0.141. The minimum Gasteiger partial charge on any atom is -0.279 e. The summed E-state index contributed by atoms with van der Waals surface area (Å²) >= 11 is 0. The summed E-state index contributed by atoms with van der Waals surface area (Å²) in [5, 5.41) is 0. The van der Waals surface area contributed by atoms with Gasteiger partial charge < -0.3 is 0 Å². The Balaban J connectivity index is 4.61. The van der Waals surface area contributed by atoms with E-state index in [1.165, 1.54) is 18.7 Å². The second-order valence-electron chi connectivity index (χ2n) is 7.45. The van der Waals surface area contributed by atoms with Gasteiger partial charge >= 0.3 is 0 Å². The van der Waals surface area contributed by atoms with E-state index in [-0.39, 0.29) is 22.6 Å². The maximum atomic E-state index is 11.4. The molecule has 0 heterocycles. The molecule has 0 spiro atoms. The lowest BCUT2D eigenvalue weighted by atomic mass is 9.73. The van der Waals surface area contributed by atoms with Gasteiger partial charge in [-0.15, -0.1) is 0 Å². The van der Waals surface area contributed by atoms with Gasteiger partial charge in [-0.25, -0.2) is 0 Å². The van der Waals surface area contributed by atoms with Gasteiger partial charge in [0.05, 0.1) is 0 Å². The molecule has 3 heteroatoms. The third kappa shape index (κ3) is 7.81. The molecule has 2 amide bonds. The monoisotopic (exact) mass is 267 g/mol. The summed E-state index contributed by atoms with van der Waals surface area (Å²) in [6, 6.07) is 0. The number of hydrogen-bond donors (Lipinski definition) is 0. The number of carbonyl (C=O) groups is 2. The maximum Gasteiger partial charge on any atom is 0.226 e. The second-order valence-corrected chi connectivity index (χ2v) is 7.45. The first-order chi connectivity index (χ1) is 8.34. The molecule has 0 atom stereocenters. The van der Waals surface area contributed by atoms with Crippen LogP contribution in [0.5, 0.6) is 0 Å². The lowest BCUT2D eigenvalue weighted by Crippen LogP contribution is -2.35. The van der Waals surface area contributed by atoms with Crippen molar-refractivity contribution < 1.29 is 9.59 Å². The third-order valence-corrected chi connectivity index (χ3v) is 2.88. The zero-order valence-electron chi connectivity index (χ0n) is 13.6. The molecule has 19 heavy (non-hydrogen) atoms. The minimum atomic E-state index is -0.220. The van der Waals surface area contributed by atoms with Crippen LogP contribution < -0.4 is 0 Å². The molecule has 0 aromatic rings. The molecule has 0 saturated carbocycles. The van der Waals surface area contributed by atoms with Crippen LogP contribution in [0.25, 0.3) is 0 Å². The van der Waals surface area contributed by atoms with Crippen molar-refractivity contribution >= 4 is 11.8 Å². The molecule has 0 aromatic carbocycles. The first kappa shape index (κ1) is 17.9. The van der Waals surface area contributed by atoms with Gasteiger partial charge in [-0.05, 0) is 23.7 Å². The molecule has 0 aliphatic rings. The number of carbonyl (C=O) groups excluding carboxylic acids is 2. The number of hydrogen-bond acceptors (Lipinski definition) is 2. The van der Waals surface area contributed by atoms with Crippen molar-refractivity contribution in [2.75, 3.05) is 6.54 Å². The average Bonchev–Trinajstić information content (AvgIpc) is 2.07. The molecule has 110 valence electrons. The molecule has 0 unspecified atom stereocenters. The highest BCUT2D eigenvalue weighted by Crippen LogP contribution is 2.37. The van der Waals surface area contributed by atoms with E-state index in [2.05, 4.69) is 41.2 Å². The van der Waals surface area contributed by atoms with Gasteiger partial charge in [0.15, 0.2) is 0 Å². The van der Waals surface area contributed by atoms with Gasteiger partial charge in [-0.3, -0.25) is 14.5 Å². The SMILES string of the molecule is C=C(CN(C(C)=O)C(C)=O)CC(C)(C)CC(C)(C)C. The molecule has 0 aliphatic heterocycles. The molecule has 0 saturated heterocycles. The Kier molecular flexibility index (Phi) is 5.98. The predicted octanol–water partition coefficient (Wildman–Crippen LogP) is 3.79. The zero-order valence-corrected chi connectivity index (χ0v) is 13.6. The lowest BCUT2D eigenvalue weighted by Gasteiger charge is -2.33. The molecule has 0 rings (SSSR count). The average molecular weight is 267 g/mol. The van der Waals surface area contributed by atoms with E-state index >= 15 is 0 Å². The first-order valence-corrected chi connectivity index (χ1v) is 6.79. The predicted molar refractivity (Wildman–Crippen MR) is 79.7 cm³/mol. The van der Waals surface area contributed by atoms with Crippen LogP contribution in [-0.2, 0) is 9.59 Å². The Labute approximate surface area is 118 Å². The highest BCUT2D eigenvalue weighted by Gasteiger charge is 2.27. The van der Waals surface area contributed by atoms with Crippen molar-refractivity contribution in [3.05, 3.63) is 12.2 Å². The Hall–Kier alpha value is -1.12.